The van der Waals surface area contributed by atoms with E-state index in [0.717, 1.165) is 19.8 Å². The first-order chi connectivity index (χ1) is 10.2. The summed E-state index contributed by atoms with van der Waals surface area (Å²) >= 11 is 1.81. The van der Waals surface area contributed by atoms with Gasteiger partial charge in [0.05, 0.1) is 6.61 Å². The molecule has 4 heteroatoms. The van der Waals surface area contributed by atoms with Gasteiger partial charge in [-0.1, -0.05) is 0 Å². The fourth-order valence-electron chi connectivity index (χ4n) is 4.01. The first-order valence-corrected chi connectivity index (χ1v) is 9.22. The molecule has 1 aromatic heterocycles. The lowest BCUT2D eigenvalue weighted by Crippen LogP contribution is -2.52. The average Bonchev–Trinajstić information content (AvgIpc) is 3.11. The lowest BCUT2D eigenvalue weighted by Gasteiger charge is -2.45. The summed E-state index contributed by atoms with van der Waals surface area (Å²) in [5, 5.41) is 4.47. The molecule has 2 saturated heterocycles. The predicted molar refractivity (Wildman–Crippen MR) is 88.8 cm³/mol. The minimum Gasteiger partial charge on any atom is -0.380 e. The van der Waals surface area contributed by atoms with Crippen LogP contribution in [0.1, 0.15) is 38.2 Å². The van der Waals surface area contributed by atoms with E-state index in [4.69, 9.17) is 4.74 Å². The number of ether oxygens (including phenoxy) is 1. The molecule has 2 fully saturated rings. The van der Waals surface area contributed by atoms with E-state index in [2.05, 4.69) is 40.6 Å². The monoisotopic (exact) mass is 308 g/mol. The molecule has 1 atom stereocenters. The van der Waals surface area contributed by atoms with Crippen molar-refractivity contribution < 1.29 is 4.74 Å². The summed E-state index contributed by atoms with van der Waals surface area (Å²) in [6.07, 6.45) is 5.29. The third kappa shape index (κ3) is 3.34. The molecule has 118 valence electrons. The summed E-state index contributed by atoms with van der Waals surface area (Å²) in [5.41, 5.74) is 1.93. The topological polar surface area (TPSA) is 15.7 Å². The zero-order chi connectivity index (χ0) is 14.7. The van der Waals surface area contributed by atoms with Crippen LogP contribution in [0.15, 0.2) is 16.8 Å². The van der Waals surface area contributed by atoms with E-state index in [0.29, 0.717) is 11.6 Å². The van der Waals surface area contributed by atoms with Gasteiger partial charge in [-0.25, -0.2) is 0 Å². The highest BCUT2D eigenvalue weighted by atomic mass is 32.1. The number of likely N-dealkylation sites (N-methyl/N-ethyl adjacent to an activating group) is 1. The predicted octanol–water partition coefficient (Wildman–Crippen LogP) is 3.21. The van der Waals surface area contributed by atoms with Crippen molar-refractivity contribution in [3.63, 3.8) is 0 Å². The number of thiophene rings is 1. The Hall–Kier alpha value is -0.420. The summed E-state index contributed by atoms with van der Waals surface area (Å²) < 4.78 is 5.66. The molecule has 0 unspecified atom stereocenters. The zero-order valence-electron chi connectivity index (χ0n) is 13.4. The van der Waals surface area contributed by atoms with Crippen LogP contribution < -0.4 is 0 Å². The van der Waals surface area contributed by atoms with Crippen molar-refractivity contribution >= 4 is 11.3 Å². The van der Waals surface area contributed by atoms with Crippen molar-refractivity contribution in [1.82, 2.24) is 9.80 Å². The van der Waals surface area contributed by atoms with Crippen molar-refractivity contribution in [3.05, 3.63) is 22.4 Å². The number of hydrogen-bond acceptors (Lipinski definition) is 4. The highest BCUT2D eigenvalue weighted by Crippen LogP contribution is 2.40. The quantitative estimate of drug-likeness (QED) is 0.831. The van der Waals surface area contributed by atoms with Crippen LogP contribution in [0.2, 0.25) is 0 Å². The van der Waals surface area contributed by atoms with Crippen LogP contribution in [-0.2, 0) is 11.3 Å². The van der Waals surface area contributed by atoms with E-state index in [1.54, 1.807) is 11.3 Å². The number of rotatable bonds is 5. The van der Waals surface area contributed by atoms with E-state index in [1.165, 1.54) is 44.3 Å². The molecule has 0 saturated carbocycles. The molecule has 1 spiro atoms. The molecule has 3 rings (SSSR count). The molecule has 3 nitrogen and oxygen atoms in total. The summed E-state index contributed by atoms with van der Waals surface area (Å²) in [6, 6.07) is 2.89. The number of likely N-dealkylation sites (tertiary alicyclic amines) is 2. The Morgan fingerprint density at radius 2 is 2.14 bits per heavy atom. The van der Waals surface area contributed by atoms with Crippen molar-refractivity contribution in [3.8, 4) is 0 Å². The van der Waals surface area contributed by atoms with Crippen molar-refractivity contribution in [2.24, 2.45) is 0 Å². The molecule has 0 N–H and O–H groups in total. The first-order valence-electron chi connectivity index (χ1n) is 8.27. The van der Waals surface area contributed by atoms with Crippen LogP contribution in [0.25, 0.3) is 0 Å². The summed E-state index contributed by atoms with van der Waals surface area (Å²) in [7, 11) is 2.32. The fraction of sp³-hybridized carbons (Fsp3) is 0.765. The molecule has 2 aliphatic heterocycles. The number of piperidine rings is 1. The highest BCUT2D eigenvalue weighted by molar-refractivity contribution is 7.07. The second kappa shape index (κ2) is 6.78. The van der Waals surface area contributed by atoms with Crippen LogP contribution in [0, 0.1) is 0 Å². The molecule has 2 aliphatic rings. The second-order valence-electron chi connectivity index (χ2n) is 6.59. The Labute approximate surface area is 132 Å². The van der Waals surface area contributed by atoms with E-state index < -0.39 is 0 Å². The van der Waals surface area contributed by atoms with Crippen LogP contribution in [0.4, 0.5) is 0 Å². The Kier molecular flexibility index (Phi) is 4.99. The molecular weight excluding hydrogens is 280 g/mol. The normalized spacial score (nSPS) is 26.7. The van der Waals surface area contributed by atoms with Gasteiger partial charge in [-0.2, -0.15) is 11.3 Å². The van der Waals surface area contributed by atoms with Gasteiger partial charge in [-0.3, -0.25) is 9.80 Å². The molecule has 21 heavy (non-hydrogen) atoms. The van der Waals surface area contributed by atoms with Gasteiger partial charge in [-0.05, 0) is 62.0 Å². The van der Waals surface area contributed by atoms with Gasteiger partial charge in [0.1, 0.15) is 0 Å². The van der Waals surface area contributed by atoms with Gasteiger partial charge < -0.3 is 4.74 Å². The Morgan fingerprint density at radius 1 is 1.33 bits per heavy atom. The lowest BCUT2D eigenvalue weighted by molar-refractivity contribution is 0.0206. The minimum atomic E-state index is 0.451. The Morgan fingerprint density at radius 3 is 2.81 bits per heavy atom. The zero-order valence-corrected chi connectivity index (χ0v) is 14.2. The average molecular weight is 308 g/mol. The third-order valence-electron chi connectivity index (χ3n) is 5.53. The molecule has 1 aromatic rings. The molecule has 0 aromatic carbocycles. The van der Waals surface area contributed by atoms with Crippen LogP contribution >= 0.6 is 11.3 Å². The highest BCUT2D eigenvalue weighted by Gasteiger charge is 2.45. The molecule has 3 heterocycles. The molecular formula is C17H28N2OS. The SMILES string of the molecule is CCOC[C@H]1CCC2(CCN(Cc3ccsc3)CC2)N1C. The van der Waals surface area contributed by atoms with Gasteiger partial charge in [0.15, 0.2) is 0 Å². The molecule has 0 aliphatic carbocycles. The fourth-order valence-corrected chi connectivity index (χ4v) is 4.67. The Bertz CT molecular complexity index is 426. The van der Waals surface area contributed by atoms with Crippen molar-refractivity contribution in [1.29, 1.82) is 0 Å². The van der Waals surface area contributed by atoms with Gasteiger partial charge >= 0.3 is 0 Å². The number of nitrogens with zero attached hydrogens (tertiary/aromatic N) is 2. The second-order valence-corrected chi connectivity index (χ2v) is 7.37. The van der Waals surface area contributed by atoms with Crippen LogP contribution in [0.3, 0.4) is 0 Å². The minimum absolute atomic E-state index is 0.451. The summed E-state index contributed by atoms with van der Waals surface area (Å²) in [4.78, 5) is 5.27. The standard InChI is InChI=1S/C17H28N2OS/c1-3-20-13-16-4-6-17(18(16)2)7-9-19(10-8-17)12-15-5-11-21-14-15/h5,11,14,16H,3-4,6-10,12-13H2,1-2H3/t16-/m1/s1. The van der Waals surface area contributed by atoms with Gasteiger partial charge in [0.2, 0.25) is 0 Å². The molecule has 0 amide bonds. The van der Waals surface area contributed by atoms with Crippen LogP contribution in [0.5, 0.6) is 0 Å². The maximum atomic E-state index is 5.66. The van der Waals surface area contributed by atoms with Crippen molar-refractivity contribution in [2.75, 3.05) is 33.4 Å². The van der Waals surface area contributed by atoms with E-state index in [9.17, 15) is 0 Å². The van der Waals surface area contributed by atoms with Crippen molar-refractivity contribution in [2.45, 2.75) is 50.7 Å². The largest absolute Gasteiger partial charge is 0.380 e. The summed E-state index contributed by atoms with van der Waals surface area (Å²) in [6.45, 7) is 7.45. The molecule has 0 radical (unpaired) electrons. The van der Waals surface area contributed by atoms with E-state index in [1.807, 2.05) is 0 Å². The maximum absolute atomic E-state index is 5.66. The first kappa shape index (κ1) is 15.5. The van der Waals surface area contributed by atoms with Gasteiger partial charge in [-0.15, -0.1) is 0 Å². The van der Waals surface area contributed by atoms with E-state index in [-0.39, 0.29) is 0 Å². The Balaban J connectivity index is 1.52. The van der Waals surface area contributed by atoms with Gasteiger partial charge in [0.25, 0.3) is 0 Å². The number of hydrogen-bond donors (Lipinski definition) is 0. The van der Waals surface area contributed by atoms with Crippen LogP contribution in [-0.4, -0.2) is 54.7 Å². The van der Waals surface area contributed by atoms with Gasteiger partial charge in [0, 0.05) is 37.8 Å². The third-order valence-corrected chi connectivity index (χ3v) is 6.26. The maximum Gasteiger partial charge on any atom is 0.0621 e. The van der Waals surface area contributed by atoms with E-state index >= 15 is 0 Å². The summed E-state index contributed by atoms with van der Waals surface area (Å²) in [5.74, 6) is 0. The lowest BCUT2D eigenvalue weighted by atomic mass is 9.85. The molecule has 0 bridgehead atoms. The smallest absolute Gasteiger partial charge is 0.0621 e.